The first-order valence-corrected chi connectivity index (χ1v) is 5.76. The van der Waals surface area contributed by atoms with Crippen LogP contribution in [0, 0.1) is 5.41 Å². The minimum Gasteiger partial charge on any atom is -0.321 e. The third-order valence-electron chi connectivity index (χ3n) is 2.46. The minimum absolute atomic E-state index is 0.0778. The van der Waals surface area contributed by atoms with Crippen LogP contribution in [0.3, 0.4) is 0 Å². The molecule has 0 spiro atoms. The van der Waals surface area contributed by atoms with Crippen molar-refractivity contribution in [2.24, 2.45) is 5.41 Å². The number of amides is 1. The molecule has 0 aliphatic heterocycles. The fraction of sp³-hybridized carbons (Fsp3) is 0.538. The van der Waals surface area contributed by atoms with E-state index < -0.39 is 5.41 Å². The van der Waals surface area contributed by atoms with Crippen LogP contribution in [0.1, 0.15) is 40.7 Å². The Morgan fingerprint density at radius 2 is 1.94 bits per heavy atom. The largest absolute Gasteiger partial charge is 0.321 e. The molecular weight excluding hydrogens is 216 g/mol. The zero-order valence-electron chi connectivity index (χ0n) is 11.1. The standard InChI is InChI=1S/C13H20N2O2/c1-9(2)15-8-6-7-10(11(15)16)14-12(17)13(3,4)5/h6-9H,1-5H3,(H,14,17). The van der Waals surface area contributed by atoms with Crippen molar-refractivity contribution in [3.63, 3.8) is 0 Å². The van der Waals surface area contributed by atoms with E-state index in [0.29, 0.717) is 5.69 Å². The average molecular weight is 236 g/mol. The summed E-state index contributed by atoms with van der Waals surface area (Å²) in [7, 11) is 0. The van der Waals surface area contributed by atoms with E-state index in [2.05, 4.69) is 5.32 Å². The van der Waals surface area contributed by atoms with Gasteiger partial charge >= 0.3 is 0 Å². The van der Waals surface area contributed by atoms with Crippen molar-refractivity contribution in [3.05, 3.63) is 28.7 Å². The Morgan fingerprint density at radius 1 is 1.35 bits per heavy atom. The molecule has 0 aliphatic carbocycles. The van der Waals surface area contributed by atoms with Crippen molar-refractivity contribution in [2.45, 2.75) is 40.7 Å². The summed E-state index contributed by atoms with van der Waals surface area (Å²) in [4.78, 5) is 23.8. The van der Waals surface area contributed by atoms with Gasteiger partial charge in [0, 0.05) is 17.7 Å². The van der Waals surface area contributed by atoms with Crippen LogP contribution in [0.25, 0.3) is 0 Å². The molecule has 0 aromatic carbocycles. The van der Waals surface area contributed by atoms with Crippen LogP contribution >= 0.6 is 0 Å². The Kier molecular flexibility index (Phi) is 3.76. The molecule has 0 aliphatic rings. The third-order valence-corrected chi connectivity index (χ3v) is 2.46. The summed E-state index contributed by atoms with van der Waals surface area (Å²) < 4.78 is 1.60. The molecule has 0 bridgehead atoms. The second kappa shape index (κ2) is 4.73. The van der Waals surface area contributed by atoms with Crippen LogP contribution in [0.15, 0.2) is 23.1 Å². The van der Waals surface area contributed by atoms with E-state index in [1.54, 1.807) is 22.9 Å². The van der Waals surface area contributed by atoms with Crippen molar-refractivity contribution >= 4 is 11.6 Å². The lowest BCUT2D eigenvalue weighted by molar-refractivity contribution is -0.123. The van der Waals surface area contributed by atoms with Crippen molar-refractivity contribution in [1.82, 2.24) is 4.57 Å². The van der Waals surface area contributed by atoms with Crippen LogP contribution in [-0.2, 0) is 4.79 Å². The van der Waals surface area contributed by atoms with Gasteiger partial charge in [0.1, 0.15) is 5.69 Å². The smallest absolute Gasteiger partial charge is 0.274 e. The van der Waals surface area contributed by atoms with Gasteiger partial charge in [-0.3, -0.25) is 9.59 Å². The zero-order valence-corrected chi connectivity index (χ0v) is 11.1. The van der Waals surface area contributed by atoms with E-state index in [-0.39, 0.29) is 17.5 Å². The number of hydrogen-bond acceptors (Lipinski definition) is 2. The van der Waals surface area contributed by atoms with Gasteiger partial charge in [-0.25, -0.2) is 0 Å². The zero-order chi connectivity index (χ0) is 13.2. The number of rotatable bonds is 2. The summed E-state index contributed by atoms with van der Waals surface area (Å²) in [5, 5.41) is 2.67. The Labute approximate surface area is 102 Å². The Balaban J connectivity index is 3.06. The molecule has 1 aromatic rings. The number of hydrogen-bond donors (Lipinski definition) is 1. The molecule has 0 saturated carbocycles. The molecule has 1 aromatic heterocycles. The van der Waals surface area contributed by atoms with Crippen LogP contribution in [0.2, 0.25) is 0 Å². The Hall–Kier alpha value is -1.58. The maximum atomic E-state index is 12.0. The number of pyridine rings is 1. The number of aromatic nitrogens is 1. The van der Waals surface area contributed by atoms with Gasteiger partial charge in [0.25, 0.3) is 5.56 Å². The minimum atomic E-state index is -0.509. The summed E-state index contributed by atoms with van der Waals surface area (Å²) >= 11 is 0. The summed E-state index contributed by atoms with van der Waals surface area (Å²) in [6, 6.07) is 3.47. The molecule has 17 heavy (non-hydrogen) atoms. The SMILES string of the molecule is CC(C)n1cccc(NC(=O)C(C)(C)C)c1=O. The first-order valence-electron chi connectivity index (χ1n) is 5.76. The molecule has 0 fully saturated rings. The van der Waals surface area contributed by atoms with E-state index in [1.807, 2.05) is 34.6 Å². The van der Waals surface area contributed by atoms with Crippen LogP contribution < -0.4 is 10.9 Å². The van der Waals surface area contributed by atoms with Gasteiger partial charge in [-0.05, 0) is 26.0 Å². The summed E-state index contributed by atoms with van der Waals surface area (Å²) in [6.45, 7) is 9.29. The van der Waals surface area contributed by atoms with Crippen molar-refractivity contribution in [3.8, 4) is 0 Å². The van der Waals surface area contributed by atoms with Gasteiger partial charge in [-0.1, -0.05) is 20.8 Å². The molecule has 0 saturated heterocycles. The van der Waals surface area contributed by atoms with E-state index >= 15 is 0 Å². The molecule has 4 heteroatoms. The molecule has 1 N–H and O–H groups in total. The number of carbonyl (C=O) groups is 1. The normalized spacial score (nSPS) is 11.6. The highest BCUT2D eigenvalue weighted by molar-refractivity contribution is 5.94. The fourth-order valence-electron chi connectivity index (χ4n) is 1.32. The van der Waals surface area contributed by atoms with E-state index in [9.17, 15) is 9.59 Å². The molecule has 0 radical (unpaired) electrons. The first kappa shape index (κ1) is 13.5. The highest BCUT2D eigenvalue weighted by Gasteiger charge is 2.22. The predicted molar refractivity (Wildman–Crippen MR) is 69.2 cm³/mol. The molecule has 1 heterocycles. The lowest BCUT2D eigenvalue weighted by atomic mass is 9.95. The van der Waals surface area contributed by atoms with Crippen LogP contribution in [-0.4, -0.2) is 10.5 Å². The second-order valence-corrected chi connectivity index (χ2v) is 5.43. The van der Waals surface area contributed by atoms with Crippen molar-refractivity contribution in [1.29, 1.82) is 0 Å². The van der Waals surface area contributed by atoms with Gasteiger partial charge in [0.2, 0.25) is 5.91 Å². The number of nitrogens with one attached hydrogen (secondary N) is 1. The van der Waals surface area contributed by atoms with Gasteiger partial charge in [0.05, 0.1) is 0 Å². The molecule has 4 nitrogen and oxygen atoms in total. The van der Waals surface area contributed by atoms with Crippen LogP contribution in [0.5, 0.6) is 0 Å². The van der Waals surface area contributed by atoms with E-state index in [1.165, 1.54) is 0 Å². The summed E-state index contributed by atoms with van der Waals surface area (Å²) in [6.07, 6.45) is 1.72. The number of carbonyl (C=O) groups excluding carboxylic acids is 1. The Bertz CT molecular complexity index is 467. The van der Waals surface area contributed by atoms with E-state index in [0.717, 1.165) is 0 Å². The topological polar surface area (TPSA) is 51.1 Å². The molecule has 0 atom stereocenters. The maximum Gasteiger partial charge on any atom is 0.274 e. The fourth-order valence-corrected chi connectivity index (χ4v) is 1.32. The maximum absolute atomic E-state index is 12.0. The monoisotopic (exact) mass is 236 g/mol. The quantitative estimate of drug-likeness (QED) is 0.857. The Morgan fingerprint density at radius 3 is 2.41 bits per heavy atom. The summed E-state index contributed by atoms with van der Waals surface area (Å²) in [5.74, 6) is -0.156. The van der Waals surface area contributed by atoms with Gasteiger partial charge in [-0.15, -0.1) is 0 Å². The third kappa shape index (κ3) is 3.19. The van der Waals surface area contributed by atoms with Gasteiger partial charge in [0.15, 0.2) is 0 Å². The van der Waals surface area contributed by atoms with E-state index in [4.69, 9.17) is 0 Å². The average Bonchev–Trinajstić information content (AvgIpc) is 2.19. The van der Waals surface area contributed by atoms with Crippen molar-refractivity contribution < 1.29 is 4.79 Å². The first-order chi connectivity index (χ1) is 7.73. The molecule has 1 rings (SSSR count). The number of anilines is 1. The highest BCUT2D eigenvalue weighted by atomic mass is 16.2. The number of nitrogens with zero attached hydrogens (tertiary/aromatic N) is 1. The van der Waals surface area contributed by atoms with Gasteiger partial charge < -0.3 is 9.88 Å². The highest BCUT2D eigenvalue weighted by Crippen LogP contribution is 2.15. The molecule has 94 valence electrons. The van der Waals surface area contributed by atoms with Crippen LogP contribution in [0.4, 0.5) is 5.69 Å². The predicted octanol–water partition coefficient (Wildman–Crippen LogP) is 2.41. The molecule has 1 amide bonds. The van der Waals surface area contributed by atoms with Crippen molar-refractivity contribution in [2.75, 3.05) is 5.32 Å². The lowest BCUT2D eigenvalue weighted by Crippen LogP contribution is -2.32. The molecular formula is C13H20N2O2. The second-order valence-electron chi connectivity index (χ2n) is 5.43. The summed E-state index contributed by atoms with van der Waals surface area (Å²) in [5.41, 5.74) is -0.341. The van der Waals surface area contributed by atoms with Gasteiger partial charge in [-0.2, -0.15) is 0 Å². The molecule has 0 unspecified atom stereocenters. The lowest BCUT2D eigenvalue weighted by Gasteiger charge is -2.18.